The number of halogens is 2. The van der Waals surface area contributed by atoms with Gasteiger partial charge in [0.25, 0.3) is 0 Å². The second kappa shape index (κ2) is 8.32. The molecular formula is C19H20Cl2N2O. The SMILES string of the molecule is CC/C(=N\NC(=O)Cc1ccc(C)cc1C)c1ccc(Cl)c(Cl)c1. The number of nitrogens with zero attached hydrogens (tertiary/aromatic N) is 1. The lowest BCUT2D eigenvalue weighted by Crippen LogP contribution is -2.22. The molecule has 2 aromatic carbocycles. The molecule has 0 aliphatic heterocycles. The molecule has 0 aliphatic carbocycles. The second-order valence-electron chi connectivity index (χ2n) is 5.68. The molecule has 24 heavy (non-hydrogen) atoms. The van der Waals surface area contributed by atoms with E-state index in [1.807, 2.05) is 39.0 Å². The lowest BCUT2D eigenvalue weighted by molar-refractivity contribution is -0.120. The zero-order valence-corrected chi connectivity index (χ0v) is 15.5. The molecular weight excluding hydrogens is 343 g/mol. The van der Waals surface area contributed by atoms with E-state index in [-0.39, 0.29) is 5.91 Å². The third-order valence-corrected chi connectivity index (χ3v) is 4.49. The number of nitrogens with one attached hydrogen (secondary N) is 1. The van der Waals surface area contributed by atoms with Crippen molar-refractivity contribution in [3.8, 4) is 0 Å². The van der Waals surface area contributed by atoms with Crippen LogP contribution in [0.15, 0.2) is 41.5 Å². The van der Waals surface area contributed by atoms with Crippen LogP contribution in [-0.4, -0.2) is 11.6 Å². The summed E-state index contributed by atoms with van der Waals surface area (Å²) < 4.78 is 0. The summed E-state index contributed by atoms with van der Waals surface area (Å²) in [5.41, 5.74) is 7.52. The van der Waals surface area contributed by atoms with E-state index in [2.05, 4.69) is 16.6 Å². The lowest BCUT2D eigenvalue weighted by Gasteiger charge is -2.08. The van der Waals surface area contributed by atoms with E-state index in [1.54, 1.807) is 12.1 Å². The highest BCUT2D eigenvalue weighted by atomic mass is 35.5. The van der Waals surface area contributed by atoms with Gasteiger partial charge in [0.2, 0.25) is 5.91 Å². The van der Waals surface area contributed by atoms with Gasteiger partial charge in [-0.25, -0.2) is 5.43 Å². The third kappa shape index (κ3) is 4.83. The predicted octanol–water partition coefficient (Wildman–Crippen LogP) is 5.08. The van der Waals surface area contributed by atoms with Gasteiger partial charge in [-0.05, 0) is 49.1 Å². The third-order valence-electron chi connectivity index (χ3n) is 3.75. The van der Waals surface area contributed by atoms with Gasteiger partial charge in [0, 0.05) is 0 Å². The summed E-state index contributed by atoms with van der Waals surface area (Å²) in [5.74, 6) is -0.145. The first kappa shape index (κ1) is 18.5. The van der Waals surface area contributed by atoms with Gasteiger partial charge in [-0.3, -0.25) is 4.79 Å². The Morgan fingerprint density at radius 1 is 1.08 bits per heavy atom. The smallest absolute Gasteiger partial charge is 0.244 e. The molecule has 126 valence electrons. The number of benzene rings is 2. The standard InChI is InChI=1S/C19H20Cl2N2O/c1-4-18(15-7-8-16(20)17(21)10-15)22-23-19(24)11-14-6-5-12(2)9-13(14)3/h5-10H,4,11H2,1-3H3,(H,23,24)/b22-18+. The summed E-state index contributed by atoms with van der Waals surface area (Å²) in [4.78, 5) is 12.2. The summed E-state index contributed by atoms with van der Waals surface area (Å²) >= 11 is 12.0. The fourth-order valence-corrected chi connectivity index (χ4v) is 2.71. The van der Waals surface area contributed by atoms with Crippen molar-refractivity contribution in [2.45, 2.75) is 33.6 Å². The molecule has 0 aromatic heterocycles. The first-order chi connectivity index (χ1) is 11.4. The minimum absolute atomic E-state index is 0.145. The van der Waals surface area contributed by atoms with Crippen molar-refractivity contribution < 1.29 is 4.79 Å². The van der Waals surface area contributed by atoms with E-state index in [4.69, 9.17) is 23.2 Å². The summed E-state index contributed by atoms with van der Waals surface area (Å²) in [6.07, 6.45) is 0.968. The molecule has 1 amide bonds. The van der Waals surface area contributed by atoms with Crippen molar-refractivity contribution in [3.05, 3.63) is 68.7 Å². The zero-order valence-electron chi connectivity index (χ0n) is 14.0. The van der Waals surface area contributed by atoms with E-state index >= 15 is 0 Å². The molecule has 0 heterocycles. The summed E-state index contributed by atoms with van der Waals surface area (Å²) in [7, 11) is 0. The Balaban J connectivity index is 2.09. The van der Waals surface area contributed by atoms with Gasteiger partial charge in [-0.15, -0.1) is 0 Å². The maximum Gasteiger partial charge on any atom is 0.244 e. The van der Waals surface area contributed by atoms with E-state index in [0.29, 0.717) is 22.9 Å². The molecule has 3 nitrogen and oxygen atoms in total. The molecule has 0 fully saturated rings. The number of hydrazone groups is 1. The van der Waals surface area contributed by atoms with Gasteiger partial charge in [-0.2, -0.15) is 5.10 Å². The van der Waals surface area contributed by atoms with Crippen LogP contribution in [0.3, 0.4) is 0 Å². The van der Waals surface area contributed by atoms with Crippen LogP contribution < -0.4 is 5.43 Å². The minimum atomic E-state index is -0.145. The quantitative estimate of drug-likeness (QED) is 0.584. The van der Waals surface area contributed by atoms with Crippen LogP contribution in [0.4, 0.5) is 0 Å². The van der Waals surface area contributed by atoms with E-state index < -0.39 is 0 Å². The molecule has 2 rings (SSSR count). The average molecular weight is 363 g/mol. The van der Waals surface area contributed by atoms with Crippen LogP contribution >= 0.6 is 23.2 Å². The van der Waals surface area contributed by atoms with Crippen LogP contribution in [0.1, 0.15) is 35.6 Å². The average Bonchev–Trinajstić information content (AvgIpc) is 2.54. The Labute approximate surface area is 152 Å². The minimum Gasteiger partial charge on any atom is -0.273 e. The van der Waals surface area contributed by atoms with Gasteiger partial charge < -0.3 is 0 Å². The number of carbonyl (C=O) groups excluding carboxylic acids is 1. The molecule has 0 saturated carbocycles. The van der Waals surface area contributed by atoms with Crippen LogP contribution in [0.5, 0.6) is 0 Å². The van der Waals surface area contributed by atoms with Crippen molar-refractivity contribution in [3.63, 3.8) is 0 Å². The number of rotatable bonds is 5. The van der Waals surface area contributed by atoms with Crippen molar-refractivity contribution in [2.75, 3.05) is 0 Å². The van der Waals surface area contributed by atoms with E-state index in [1.165, 1.54) is 5.56 Å². The van der Waals surface area contributed by atoms with Gasteiger partial charge in [-0.1, -0.05) is 60.0 Å². The highest BCUT2D eigenvalue weighted by Crippen LogP contribution is 2.23. The lowest BCUT2D eigenvalue weighted by atomic mass is 10.0. The molecule has 0 unspecified atom stereocenters. The van der Waals surface area contributed by atoms with Crippen molar-refractivity contribution >= 4 is 34.8 Å². The Kier molecular flexibility index (Phi) is 6.41. The second-order valence-corrected chi connectivity index (χ2v) is 6.50. The monoisotopic (exact) mass is 362 g/mol. The molecule has 0 atom stereocenters. The van der Waals surface area contributed by atoms with Gasteiger partial charge in [0.15, 0.2) is 0 Å². The van der Waals surface area contributed by atoms with Crippen LogP contribution in [0.25, 0.3) is 0 Å². The molecule has 0 bridgehead atoms. The fraction of sp³-hybridized carbons (Fsp3) is 0.263. The first-order valence-electron chi connectivity index (χ1n) is 7.77. The van der Waals surface area contributed by atoms with Gasteiger partial charge in [0.1, 0.15) is 0 Å². The summed E-state index contributed by atoms with van der Waals surface area (Å²) in [6.45, 7) is 6.01. The summed E-state index contributed by atoms with van der Waals surface area (Å²) in [5, 5.41) is 5.21. The Hall–Kier alpha value is -1.84. The molecule has 0 aliphatic rings. The van der Waals surface area contributed by atoms with Crippen LogP contribution in [0, 0.1) is 13.8 Å². The molecule has 2 aromatic rings. The molecule has 5 heteroatoms. The maximum atomic E-state index is 12.2. The fourth-order valence-electron chi connectivity index (χ4n) is 2.41. The van der Waals surface area contributed by atoms with Gasteiger partial charge in [0.05, 0.1) is 22.2 Å². The normalized spacial score (nSPS) is 11.5. The maximum absolute atomic E-state index is 12.2. The van der Waals surface area contributed by atoms with Crippen molar-refractivity contribution in [2.24, 2.45) is 5.10 Å². The predicted molar refractivity (Wildman–Crippen MR) is 101 cm³/mol. The van der Waals surface area contributed by atoms with Crippen molar-refractivity contribution in [1.29, 1.82) is 0 Å². The van der Waals surface area contributed by atoms with E-state index in [9.17, 15) is 4.79 Å². The first-order valence-corrected chi connectivity index (χ1v) is 8.53. The van der Waals surface area contributed by atoms with Crippen molar-refractivity contribution in [1.82, 2.24) is 5.43 Å². The summed E-state index contributed by atoms with van der Waals surface area (Å²) in [6, 6.07) is 11.4. The number of aryl methyl sites for hydroxylation is 2. The number of amides is 1. The Morgan fingerprint density at radius 3 is 2.46 bits per heavy atom. The Morgan fingerprint density at radius 2 is 1.83 bits per heavy atom. The molecule has 0 saturated heterocycles. The van der Waals surface area contributed by atoms with E-state index in [0.717, 1.165) is 22.4 Å². The molecule has 0 radical (unpaired) electrons. The van der Waals surface area contributed by atoms with Crippen LogP contribution in [0.2, 0.25) is 10.0 Å². The topological polar surface area (TPSA) is 41.5 Å². The number of carbonyl (C=O) groups is 1. The Bertz CT molecular complexity index is 785. The molecule has 0 spiro atoms. The van der Waals surface area contributed by atoms with Crippen LogP contribution in [-0.2, 0) is 11.2 Å². The highest BCUT2D eigenvalue weighted by molar-refractivity contribution is 6.42. The highest BCUT2D eigenvalue weighted by Gasteiger charge is 2.08. The molecule has 1 N–H and O–H groups in total. The number of hydrogen-bond donors (Lipinski definition) is 1. The van der Waals surface area contributed by atoms with Gasteiger partial charge >= 0.3 is 0 Å². The number of hydrogen-bond acceptors (Lipinski definition) is 2. The zero-order chi connectivity index (χ0) is 17.7. The largest absolute Gasteiger partial charge is 0.273 e.